The van der Waals surface area contributed by atoms with Gasteiger partial charge in [0.05, 0.1) is 16.4 Å². The molecule has 12 aromatic rings. The highest BCUT2D eigenvalue weighted by atomic mass is 16.3. The Morgan fingerprint density at radius 3 is 1.78 bits per heavy atom. The molecule has 3 heterocycles. The Balaban J connectivity index is 0.893. The molecule has 0 radical (unpaired) electrons. The summed E-state index contributed by atoms with van der Waals surface area (Å²) >= 11 is 0. The number of aliphatic imine (C=N–C) groups is 2. The van der Waals surface area contributed by atoms with Gasteiger partial charge in [-0.3, -0.25) is 0 Å². The number of nitrogens with one attached hydrogen (secondary N) is 1. The first-order chi connectivity index (χ1) is 34.2. The lowest BCUT2D eigenvalue weighted by Gasteiger charge is -2.30. The van der Waals surface area contributed by atoms with E-state index in [1.54, 1.807) is 0 Å². The third-order valence-corrected chi connectivity index (χ3v) is 14.9. The molecule has 0 amide bonds. The van der Waals surface area contributed by atoms with Gasteiger partial charge in [0.1, 0.15) is 23.2 Å². The Bertz CT molecular complexity index is 4110. The van der Waals surface area contributed by atoms with E-state index in [4.69, 9.17) is 14.4 Å². The van der Waals surface area contributed by atoms with Crippen LogP contribution in [0.15, 0.2) is 245 Å². The van der Waals surface area contributed by atoms with Crippen molar-refractivity contribution in [3.05, 3.63) is 269 Å². The minimum Gasteiger partial charge on any atom is -0.456 e. The van der Waals surface area contributed by atoms with Crippen LogP contribution in [0.2, 0.25) is 0 Å². The minimum absolute atomic E-state index is 0.406. The van der Waals surface area contributed by atoms with Gasteiger partial charge in [0.15, 0.2) is 5.84 Å². The second-order valence-electron chi connectivity index (χ2n) is 18.4. The summed E-state index contributed by atoms with van der Waals surface area (Å²) in [6, 6.07) is 83.3. The normalized spacial score (nSPS) is 15.2. The SMILES string of the molecule is c1ccc(-c2ccc(C3=NC(c4ccc(-n5c6ccccc6c6ccc7c(c65)-c5ccccc5C75c6ccccc6-c6ccccc65)cc4)=NC(c4ccc5c(c4)oc4ccccc45)N3)cc2)cc1. The first-order valence-corrected chi connectivity index (χ1v) is 23.7. The number of nitrogens with zero attached hydrogens (tertiary/aromatic N) is 3. The van der Waals surface area contributed by atoms with Gasteiger partial charge < -0.3 is 14.3 Å². The van der Waals surface area contributed by atoms with Crippen LogP contribution < -0.4 is 5.32 Å². The van der Waals surface area contributed by atoms with Gasteiger partial charge >= 0.3 is 0 Å². The summed E-state index contributed by atoms with van der Waals surface area (Å²) in [6.45, 7) is 0. The summed E-state index contributed by atoms with van der Waals surface area (Å²) in [5, 5.41) is 8.35. The number of hydrogen-bond acceptors (Lipinski definition) is 4. The smallest absolute Gasteiger partial charge is 0.159 e. The molecular formula is C64H40N4O. The van der Waals surface area contributed by atoms with E-state index >= 15 is 0 Å². The highest BCUT2D eigenvalue weighted by molar-refractivity contribution is 6.17. The van der Waals surface area contributed by atoms with Crippen LogP contribution in [0.1, 0.15) is 45.1 Å². The van der Waals surface area contributed by atoms with E-state index in [0.29, 0.717) is 5.84 Å². The van der Waals surface area contributed by atoms with Crippen molar-refractivity contribution in [2.24, 2.45) is 9.98 Å². The summed E-state index contributed by atoms with van der Waals surface area (Å²) in [5.41, 5.74) is 20.5. The maximum Gasteiger partial charge on any atom is 0.159 e. The molecule has 1 aliphatic heterocycles. The topological polar surface area (TPSA) is 54.8 Å². The van der Waals surface area contributed by atoms with Crippen LogP contribution in [0.5, 0.6) is 0 Å². The molecule has 1 atom stereocenters. The second-order valence-corrected chi connectivity index (χ2v) is 18.4. The average molecular weight is 881 g/mol. The molecule has 5 nitrogen and oxygen atoms in total. The summed E-state index contributed by atoms with van der Waals surface area (Å²) in [4.78, 5) is 10.6. The fourth-order valence-electron chi connectivity index (χ4n) is 11.9. The molecule has 3 aliphatic rings. The predicted molar refractivity (Wildman–Crippen MR) is 282 cm³/mol. The first kappa shape index (κ1) is 38.1. The molecule has 0 fully saturated rings. The van der Waals surface area contributed by atoms with Crippen LogP contribution >= 0.6 is 0 Å². The quantitative estimate of drug-likeness (QED) is 0.187. The molecule has 322 valence electrons. The van der Waals surface area contributed by atoms with Crippen molar-refractivity contribution in [1.29, 1.82) is 0 Å². The van der Waals surface area contributed by atoms with E-state index in [1.807, 2.05) is 18.2 Å². The fourth-order valence-corrected chi connectivity index (χ4v) is 11.9. The lowest BCUT2D eigenvalue weighted by molar-refractivity contribution is 0.655. The summed E-state index contributed by atoms with van der Waals surface area (Å²) in [5.74, 6) is 1.42. The zero-order valence-electron chi connectivity index (χ0n) is 37.3. The monoisotopic (exact) mass is 880 g/mol. The Kier molecular flexibility index (Phi) is 7.99. The largest absolute Gasteiger partial charge is 0.456 e. The molecule has 0 saturated heterocycles. The number of hydrogen-bond donors (Lipinski definition) is 1. The van der Waals surface area contributed by atoms with Gasteiger partial charge in [0.25, 0.3) is 0 Å². The van der Waals surface area contributed by atoms with E-state index < -0.39 is 11.6 Å². The molecule has 1 N–H and O–H groups in total. The number of fused-ring (bicyclic) bond motifs is 17. The van der Waals surface area contributed by atoms with Gasteiger partial charge in [0, 0.05) is 49.5 Å². The van der Waals surface area contributed by atoms with Gasteiger partial charge in [-0.1, -0.05) is 188 Å². The number of aromatic nitrogens is 1. The molecule has 15 rings (SSSR count). The molecule has 1 spiro atoms. The van der Waals surface area contributed by atoms with Crippen molar-refractivity contribution in [3.8, 4) is 39.1 Å². The van der Waals surface area contributed by atoms with Crippen molar-refractivity contribution in [1.82, 2.24) is 9.88 Å². The molecule has 10 aromatic carbocycles. The van der Waals surface area contributed by atoms with Crippen LogP contribution in [0, 0.1) is 0 Å². The maximum absolute atomic E-state index is 6.37. The number of para-hydroxylation sites is 2. The third-order valence-electron chi connectivity index (χ3n) is 14.9. The van der Waals surface area contributed by atoms with Gasteiger partial charge in [-0.2, -0.15) is 0 Å². The number of furan rings is 1. The van der Waals surface area contributed by atoms with Crippen molar-refractivity contribution in [2.45, 2.75) is 11.6 Å². The molecule has 69 heavy (non-hydrogen) atoms. The molecule has 2 aromatic heterocycles. The molecule has 1 unspecified atom stereocenters. The van der Waals surface area contributed by atoms with Crippen molar-refractivity contribution in [3.63, 3.8) is 0 Å². The van der Waals surface area contributed by atoms with Crippen LogP contribution in [-0.4, -0.2) is 16.2 Å². The van der Waals surface area contributed by atoms with E-state index in [1.165, 1.54) is 71.9 Å². The highest BCUT2D eigenvalue weighted by Crippen LogP contribution is 2.64. The maximum atomic E-state index is 6.37. The van der Waals surface area contributed by atoms with Gasteiger partial charge in [0.2, 0.25) is 0 Å². The number of rotatable bonds is 5. The van der Waals surface area contributed by atoms with E-state index in [0.717, 1.165) is 55.7 Å². The molecule has 0 bridgehead atoms. The molecule has 0 saturated carbocycles. The summed E-state index contributed by atoms with van der Waals surface area (Å²) in [7, 11) is 0. The predicted octanol–water partition coefficient (Wildman–Crippen LogP) is 15.2. The number of amidine groups is 2. The Morgan fingerprint density at radius 1 is 0.435 bits per heavy atom. The van der Waals surface area contributed by atoms with Crippen molar-refractivity contribution in [2.75, 3.05) is 0 Å². The van der Waals surface area contributed by atoms with Crippen LogP contribution in [-0.2, 0) is 5.41 Å². The fraction of sp³-hybridized carbons (Fsp3) is 0.0312. The highest BCUT2D eigenvalue weighted by Gasteiger charge is 2.52. The summed E-state index contributed by atoms with van der Waals surface area (Å²) in [6.07, 6.45) is -0.406. The molecule has 2 aliphatic carbocycles. The van der Waals surface area contributed by atoms with E-state index in [-0.39, 0.29) is 0 Å². The van der Waals surface area contributed by atoms with Gasteiger partial charge in [-0.25, -0.2) is 9.98 Å². The van der Waals surface area contributed by atoms with E-state index in [2.05, 4.69) is 222 Å². The summed E-state index contributed by atoms with van der Waals surface area (Å²) < 4.78 is 8.85. The standard InChI is InChI=1S/C64H40N4O/c1-2-14-39(15-3-1)40-26-28-41(29-27-40)61-65-62(67-63(66-61)43-32-35-49-48-19-8-13-25-57(48)69-58(49)38-43)42-30-33-44(34-31-42)68-56-24-12-7-18-47(56)50-36-37-55-59(60(50)68)51-20-6-11-23-54(51)64(55)52-21-9-4-16-45(52)46-17-5-10-22-53(46)64/h1-38,63H,(H,65,66,67). The van der Waals surface area contributed by atoms with Crippen LogP contribution in [0.25, 0.3) is 82.8 Å². The minimum atomic E-state index is -0.436. The lowest BCUT2D eigenvalue weighted by Crippen LogP contribution is -2.33. The Labute approximate surface area is 398 Å². The molecule has 5 heteroatoms. The van der Waals surface area contributed by atoms with Crippen molar-refractivity contribution < 1.29 is 4.42 Å². The van der Waals surface area contributed by atoms with Crippen LogP contribution in [0.3, 0.4) is 0 Å². The first-order valence-electron chi connectivity index (χ1n) is 23.7. The third kappa shape index (κ3) is 5.41. The second kappa shape index (κ2) is 14.5. The van der Waals surface area contributed by atoms with Gasteiger partial charge in [-0.05, 0) is 92.5 Å². The lowest BCUT2D eigenvalue weighted by atomic mass is 9.70. The zero-order valence-corrected chi connectivity index (χ0v) is 37.3. The number of benzene rings is 10. The van der Waals surface area contributed by atoms with Crippen molar-refractivity contribution >= 4 is 55.4 Å². The average Bonchev–Trinajstić information content (AvgIpc) is 4.15. The molecular weight excluding hydrogens is 841 g/mol. The van der Waals surface area contributed by atoms with Crippen LogP contribution in [0.4, 0.5) is 0 Å². The zero-order chi connectivity index (χ0) is 45.2. The van der Waals surface area contributed by atoms with Gasteiger partial charge in [-0.15, -0.1) is 0 Å². The Morgan fingerprint density at radius 2 is 1.01 bits per heavy atom. The van der Waals surface area contributed by atoms with E-state index in [9.17, 15) is 0 Å². The Hall–Kier alpha value is -9.06.